The van der Waals surface area contributed by atoms with E-state index in [1.54, 1.807) is 0 Å². The van der Waals surface area contributed by atoms with Crippen molar-refractivity contribution in [2.75, 3.05) is 24.6 Å². The Morgan fingerprint density at radius 2 is 2.07 bits per heavy atom. The van der Waals surface area contributed by atoms with Crippen LogP contribution < -0.4 is 5.32 Å². The first-order chi connectivity index (χ1) is 7.36. The first kappa shape index (κ1) is 11.0. The number of nitrogens with one attached hydrogen (secondary N) is 1. The van der Waals surface area contributed by atoms with Crippen LogP contribution >= 0.6 is 11.8 Å². The summed E-state index contributed by atoms with van der Waals surface area (Å²) >= 11 is 1.85. The summed E-state index contributed by atoms with van der Waals surface area (Å²) < 4.78 is 0. The molecule has 1 atom stereocenters. The molecule has 1 heterocycles. The van der Waals surface area contributed by atoms with Crippen molar-refractivity contribution in [2.24, 2.45) is 5.92 Å². The SMILES string of the molecule is OC(CSCC1CNC1)c1ccccc1. The Morgan fingerprint density at radius 1 is 1.33 bits per heavy atom. The fraction of sp³-hybridized carbons (Fsp3) is 0.500. The maximum Gasteiger partial charge on any atom is 0.0880 e. The van der Waals surface area contributed by atoms with Gasteiger partial charge in [0.2, 0.25) is 0 Å². The van der Waals surface area contributed by atoms with Gasteiger partial charge in [0, 0.05) is 5.75 Å². The van der Waals surface area contributed by atoms with E-state index in [-0.39, 0.29) is 6.10 Å². The van der Waals surface area contributed by atoms with Crippen LogP contribution in [0.2, 0.25) is 0 Å². The zero-order valence-electron chi connectivity index (χ0n) is 8.73. The Balaban J connectivity index is 1.70. The third-order valence-electron chi connectivity index (χ3n) is 2.68. The molecule has 82 valence electrons. The molecule has 1 aromatic rings. The fourth-order valence-electron chi connectivity index (χ4n) is 1.58. The van der Waals surface area contributed by atoms with Crippen molar-refractivity contribution in [1.82, 2.24) is 5.32 Å². The van der Waals surface area contributed by atoms with Crippen molar-refractivity contribution in [3.63, 3.8) is 0 Å². The minimum Gasteiger partial charge on any atom is -0.388 e. The molecule has 2 rings (SSSR count). The number of benzene rings is 1. The lowest BCUT2D eigenvalue weighted by Crippen LogP contribution is -2.43. The average Bonchev–Trinajstić information content (AvgIpc) is 2.23. The van der Waals surface area contributed by atoms with Gasteiger partial charge in [-0.2, -0.15) is 11.8 Å². The highest BCUT2D eigenvalue weighted by atomic mass is 32.2. The predicted molar refractivity (Wildman–Crippen MR) is 65.1 cm³/mol. The van der Waals surface area contributed by atoms with Crippen molar-refractivity contribution < 1.29 is 5.11 Å². The number of hydrogen-bond acceptors (Lipinski definition) is 3. The summed E-state index contributed by atoms with van der Waals surface area (Å²) in [5, 5.41) is 13.1. The summed E-state index contributed by atoms with van der Waals surface area (Å²) in [6.07, 6.45) is -0.316. The predicted octanol–water partition coefficient (Wildman–Crippen LogP) is 1.67. The highest BCUT2D eigenvalue weighted by molar-refractivity contribution is 7.99. The third-order valence-corrected chi connectivity index (χ3v) is 3.94. The van der Waals surface area contributed by atoms with Gasteiger partial charge in [0.1, 0.15) is 0 Å². The molecule has 0 aromatic heterocycles. The second-order valence-corrected chi connectivity index (χ2v) is 5.06. The lowest BCUT2D eigenvalue weighted by atomic mass is 10.1. The highest BCUT2D eigenvalue weighted by Crippen LogP contribution is 2.20. The van der Waals surface area contributed by atoms with E-state index in [2.05, 4.69) is 5.32 Å². The van der Waals surface area contributed by atoms with Gasteiger partial charge in [-0.15, -0.1) is 0 Å². The summed E-state index contributed by atoms with van der Waals surface area (Å²) in [7, 11) is 0. The van der Waals surface area contributed by atoms with Gasteiger partial charge in [0.15, 0.2) is 0 Å². The molecule has 1 fully saturated rings. The van der Waals surface area contributed by atoms with Crippen molar-refractivity contribution in [3.05, 3.63) is 35.9 Å². The summed E-state index contributed by atoms with van der Waals surface area (Å²) in [6.45, 7) is 2.29. The van der Waals surface area contributed by atoms with Gasteiger partial charge in [-0.3, -0.25) is 0 Å². The van der Waals surface area contributed by atoms with E-state index in [9.17, 15) is 5.11 Å². The minimum atomic E-state index is -0.316. The fourth-order valence-corrected chi connectivity index (χ4v) is 2.70. The van der Waals surface area contributed by atoms with Crippen LogP contribution in [0.1, 0.15) is 11.7 Å². The molecule has 0 bridgehead atoms. The van der Waals surface area contributed by atoms with E-state index in [4.69, 9.17) is 0 Å². The lowest BCUT2D eigenvalue weighted by Gasteiger charge is -2.26. The highest BCUT2D eigenvalue weighted by Gasteiger charge is 2.17. The summed E-state index contributed by atoms with van der Waals surface area (Å²) in [6, 6.07) is 9.88. The van der Waals surface area contributed by atoms with E-state index < -0.39 is 0 Å². The average molecular weight is 223 g/mol. The Labute approximate surface area is 95.1 Å². The molecule has 0 spiro atoms. The normalized spacial score (nSPS) is 18.5. The second kappa shape index (κ2) is 5.54. The van der Waals surface area contributed by atoms with Gasteiger partial charge in [0.25, 0.3) is 0 Å². The summed E-state index contributed by atoms with van der Waals surface area (Å²) in [5.74, 6) is 2.79. The van der Waals surface area contributed by atoms with Gasteiger partial charge < -0.3 is 10.4 Å². The molecule has 0 amide bonds. The molecule has 15 heavy (non-hydrogen) atoms. The van der Waals surface area contributed by atoms with E-state index in [0.717, 1.165) is 36.1 Å². The van der Waals surface area contributed by atoms with Crippen LogP contribution in [-0.4, -0.2) is 29.7 Å². The first-order valence-electron chi connectivity index (χ1n) is 5.38. The molecule has 3 heteroatoms. The number of hydrogen-bond donors (Lipinski definition) is 2. The van der Waals surface area contributed by atoms with Crippen molar-refractivity contribution in [2.45, 2.75) is 6.10 Å². The van der Waals surface area contributed by atoms with E-state index in [1.807, 2.05) is 42.1 Å². The van der Waals surface area contributed by atoms with Gasteiger partial charge in [0.05, 0.1) is 6.10 Å². The first-order valence-corrected chi connectivity index (χ1v) is 6.53. The Hall–Kier alpha value is -0.510. The van der Waals surface area contributed by atoms with Gasteiger partial charge >= 0.3 is 0 Å². The summed E-state index contributed by atoms with van der Waals surface area (Å²) in [5.41, 5.74) is 1.02. The van der Waals surface area contributed by atoms with Gasteiger partial charge in [-0.05, 0) is 30.3 Å². The molecule has 1 aromatic carbocycles. The van der Waals surface area contributed by atoms with Crippen LogP contribution in [0.4, 0.5) is 0 Å². The Kier molecular flexibility index (Phi) is 4.06. The monoisotopic (exact) mass is 223 g/mol. The van der Waals surface area contributed by atoms with Crippen LogP contribution in [0.5, 0.6) is 0 Å². The molecular weight excluding hydrogens is 206 g/mol. The third kappa shape index (κ3) is 3.23. The van der Waals surface area contributed by atoms with Crippen LogP contribution in [0.3, 0.4) is 0 Å². The summed E-state index contributed by atoms with van der Waals surface area (Å²) in [4.78, 5) is 0. The second-order valence-electron chi connectivity index (χ2n) is 3.99. The zero-order valence-corrected chi connectivity index (χ0v) is 9.54. The Morgan fingerprint density at radius 3 is 2.67 bits per heavy atom. The van der Waals surface area contributed by atoms with Crippen LogP contribution in [0.25, 0.3) is 0 Å². The van der Waals surface area contributed by atoms with Gasteiger partial charge in [-0.25, -0.2) is 0 Å². The number of aliphatic hydroxyl groups excluding tert-OH is 1. The molecule has 1 unspecified atom stereocenters. The van der Waals surface area contributed by atoms with Crippen LogP contribution in [0, 0.1) is 5.92 Å². The van der Waals surface area contributed by atoms with Crippen LogP contribution in [-0.2, 0) is 0 Å². The molecule has 2 N–H and O–H groups in total. The minimum absolute atomic E-state index is 0.316. The maximum absolute atomic E-state index is 9.89. The zero-order chi connectivity index (χ0) is 10.5. The quantitative estimate of drug-likeness (QED) is 0.796. The van der Waals surface area contributed by atoms with Gasteiger partial charge in [-0.1, -0.05) is 30.3 Å². The smallest absolute Gasteiger partial charge is 0.0880 e. The number of rotatable bonds is 5. The molecule has 0 saturated carbocycles. The maximum atomic E-state index is 9.89. The standard InChI is InChI=1S/C12H17NOS/c14-12(11-4-2-1-3-5-11)9-15-8-10-6-13-7-10/h1-5,10,12-14H,6-9H2. The molecule has 2 nitrogen and oxygen atoms in total. The lowest BCUT2D eigenvalue weighted by molar-refractivity contribution is 0.204. The van der Waals surface area contributed by atoms with Crippen molar-refractivity contribution in [3.8, 4) is 0 Å². The molecule has 0 radical (unpaired) electrons. The topological polar surface area (TPSA) is 32.3 Å². The van der Waals surface area contributed by atoms with Crippen LogP contribution in [0.15, 0.2) is 30.3 Å². The molecular formula is C12H17NOS. The number of thioether (sulfide) groups is 1. The molecule has 1 saturated heterocycles. The molecule has 0 aliphatic carbocycles. The van der Waals surface area contributed by atoms with E-state index >= 15 is 0 Å². The van der Waals surface area contributed by atoms with Crippen molar-refractivity contribution >= 4 is 11.8 Å². The Bertz CT molecular complexity index is 287. The molecule has 1 aliphatic heterocycles. The number of aliphatic hydroxyl groups is 1. The van der Waals surface area contributed by atoms with E-state index in [0.29, 0.717) is 0 Å². The van der Waals surface area contributed by atoms with Crippen molar-refractivity contribution in [1.29, 1.82) is 0 Å². The molecule has 1 aliphatic rings. The largest absolute Gasteiger partial charge is 0.388 e. The van der Waals surface area contributed by atoms with E-state index in [1.165, 1.54) is 0 Å².